The van der Waals surface area contributed by atoms with Crippen LogP contribution in [-0.2, 0) is 4.84 Å². The Balaban J connectivity index is 1.91. The highest BCUT2D eigenvalue weighted by atomic mass is 35.5. The Morgan fingerprint density at radius 2 is 1.54 bits per heavy atom. The number of carbonyl (C=O) groups excluding carboxylic acids is 3. The number of rotatable bonds is 3. The molecule has 0 fully saturated rings. The molecule has 0 atom stereocenters. The zero-order chi connectivity index (χ0) is 17.4. The summed E-state index contributed by atoms with van der Waals surface area (Å²) in [6, 6.07) is 8.74. The minimum atomic E-state index is -0.972. The number of imide groups is 1. The van der Waals surface area contributed by atoms with E-state index in [2.05, 4.69) is 0 Å². The van der Waals surface area contributed by atoms with Gasteiger partial charge in [0, 0.05) is 6.07 Å². The summed E-state index contributed by atoms with van der Waals surface area (Å²) in [5, 5.41) is 0.701. The van der Waals surface area contributed by atoms with Crippen LogP contribution in [0.4, 0.5) is 0 Å². The van der Waals surface area contributed by atoms with Gasteiger partial charge >= 0.3 is 5.97 Å². The van der Waals surface area contributed by atoms with E-state index < -0.39 is 17.8 Å². The third-order valence-electron chi connectivity index (χ3n) is 3.39. The Labute approximate surface area is 146 Å². The van der Waals surface area contributed by atoms with Gasteiger partial charge in [0.2, 0.25) is 0 Å². The molecule has 0 N–H and O–H groups in total. The normalized spacial score (nSPS) is 13.0. The standard InChI is InChI=1S/C16H9Cl2NO5/c1-23-13-7-12(18)11(17)6-10(13)16(22)24-19-14(20)8-4-2-3-5-9(8)15(19)21/h2-7H,1H3. The van der Waals surface area contributed by atoms with Crippen LogP contribution in [0.1, 0.15) is 31.1 Å². The summed E-state index contributed by atoms with van der Waals surface area (Å²) in [7, 11) is 1.33. The zero-order valence-electron chi connectivity index (χ0n) is 12.2. The van der Waals surface area contributed by atoms with Crippen molar-refractivity contribution in [2.24, 2.45) is 0 Å². The van der Waals surface area contributed by atoms with Crippen molar-refractivity contribution in [3.63, 3.8) is 0 Å². The number of hydrogen-bond acceptors (Lipinski definition) is 5. The topological polar surface area (TPSA) is 72.9 Å². The van der Waals surface area contributed by atoms with Crippen LogP contribution in [0.25, 0.3) is 0 Å². The highest BCUT2D eigenvalue weighted by Gasteiger charge is 2.39. The van der Waals surface area contributed by atoms with Gasteiger partial charge in [0.05, 0.1) is 28.3 Å². The predicted octanol–water partition coefficient (Wildman–Crippen LogP) is 3.37. The third kappa shape index (κ3) is 2.60. The van der Waals surface area contributed by atoms with Gasteiger partial charge in [0.25, 0.3) is 11.8 Å². The molecule has 0 saturated heterocycles. The lowest BCUT2D eigenvalue weighted by Crippen LogP contribution is -2.32. The smallest absolute Gasteiger partial charge is 0.367 e. The molecule has 0 spiro atoms. The first-order valence-corrected chi connectivity index (χ1v) is 7.42. The lowest BCUT2D eigenvalue weighted by Gasteiger charge is -2.14. The van der Waals surface area contributed by atoms with Gasteiger partial charge in [0.15, 0.2) is 0 Å². The number of methoxy groups -OCH3 is 1. The maximum atomic E-state index is 12.3. The number of hydroxylamine groups is 2. The molecule has 0 aromatic heterocycles. The number of ether oxygens (including phenoxy) is 1. The molecular formula is C16H9Cl2NO5. The number of hydrogen-bond donors (Lipinski definition) is 0. The molecule has 122 valence electrons. The molecule has 2 aromatic rings. The van der Waals surface area contributed by atoms with E-state index in [9.17, 15) is 14.4 Å². The van der Waals surface area contributed by atoms with E-state index in [1.165, 1.54) is 31.4 Å². The first kappa shape index (κ1) is 16.3. The van der Waals surface area contributed by atoms with E-state index in [1.54, 1.807) is 12.1 Å². The SMILES string of the molecule is COc1cc(Cl)c(Cl)cc1C(=O)ON1C(=O)c2ccccc2C1=O. The molecule has 0 bridgehead atoms. The maximum Gasteiger partial charge on any atom is 0.367 e. The molecule has 1 heterocycles. The van der Waals surface area contributed by atoms with Gasteiger partial charge in [-0.25, -0.2) is 4.79 Å². The Morgan fingerprint density at radius 1 is 1.00 bits per heavy atom. The molecule has 0 radical (unpaired) electrons. The summed E-state index contributed by atoms with van der Waals surface area (Å²) in [6.07, 6.45) is 0. The number of benzene rings is 2. The molecule has 24 heavy (non-hydrogen) atoms. The van der Waals surface area contributed by atoms with Crippen molar-refractivity contribution in [2.45, 2.75) is 0 Å². The van der Waals surface area contributed by atoms with E-state index >= 15 is 0 Å². The van der Waals surface area contributed by atoms with Gasteiger partial charge in [-0.2, -0.15) is 0 Å². The fourth-order valence-corrected chi connectivity index (χ4v) is 2.56. The first-order valence-electron chi connectivity index (χ1n) is 6.67. The van der Waals surface area contributed by atoms with Gasteiger partial charge < -0.3 is 9.57 Å². The van der Waals surface area contributed by atoms with Gasteiger partial charge in [0.1, 0.15) is 11.3 Å². The first-order chi connectivity index (χ1) is 11.4. The van der Waals surface area contributed by atoms with E-state index in [0.717, 1.165) is 0 Å². The van der Waals surface area contributed by atoms with Crippen molar-refractivity contribution in [1.29, 1.82) is 0 Å². The molecular weight excluding hydrogens is 357 g/mol. The number of halogens is 2. The Morgan fingerprint density at radius 3 is 2.08 bits per heavy atom. The molecule has 0 aliphatic carbocycles. The quantitative estimate of drug-likeness (QED) is 0.779. The number of carbonyl (C=O) groups is 3. The van der Waals surface area contributed by atoms with Crippen molar-refractivity contribution in [3.8, 4) is 5.75 Å². The summed E-state index contributed by atoms with van der Waals surface area (Å²) in [5.41, 5.74) is 0.260. The van der Waals surface area contributed by atoms with Crippen LogP contribution in [0, 0.1) is 0 Å². The van der Waals surface area contributed by atoms with E-state index in [0.29, 0.717) is 5.06 Å². The van der Waals surface area contributed by atoms with Crippen molar-refractivity contribution in [2.75, 3.05) is 7.11 Å². The molecule has 6 nitrogen and oxygen atoms in total. The largest absolute Gasteiger partial charge is 0.496 e. The van der Waals surface area contributed by atoms with Crippen LogP contribution >= 0.6 is 23.2 Å². The van der Waals surface area contributed by atoms with Crippen LogP contribution < -0.4 is 4.74 Å². The van der Waals surface area contributed by atoms with Crippen molar-refractivity contribution in [3.05, 3.63) is 63.1 Å². The molecule has 1 aliphatic heterocycles. The molecule has 3 rings (SSSR count). The number of nitrogens with zero attached hydrogens (tertiary/aromatic N) is 1. The molecule has 0 saturated carbocycles. The number of amides is 2. The van der Waals surface area contributed by atoms with Gasteiger partial charge in [-0.3, -0.25) is 9.59 Å². The molecule has 1 aliphatic rings. The number of fused-ring (bicyclic) bond motifs is 1. The minimum absolute atomic E-state index is 0.0662. The maximum absolute atomic E-state index is 12.3. The molecule has 2 amide bonds. The van der Waals surface area contributed by atoms with Gasteiger partial charge in [-0.1, -0.05) is 40.4 Å². The van der Waals surface area contributed by atoms with E-state index in [4.69, 9.17) is 32.8 Å². The second kappa shape index (κ2) is 6.14. The van der Waals surface area contributed by atoms with Crippen LogP contribution in [0.2, 0.25) is 10.0 Å². The van der Waals surface area contributed by atoms with Crippen LogP contribution in [-0.4, -0.2) is 30.0 Å². The van der Waals surface area contributed by atoms with Crippen molar-refractivity contribution in [1.82, 2.24) is 5.06 Å². The second-order valence-corrected chi connectivity index (χ2v) is 5.61. The van der Waals surface area contributed by atoms with Crippen LogP contribution in [0.15, 0.2) is 36.4 Å². The lowest BCUT2D eigenvalue weighted by molar-refractivity contribution is -0.0586. The van der Waals surface area contributed by atoms with Gasteiger partial charge in [-0.15, -0.1) is 0 Å². The van der Waals surface area contributed by atoms with Crippen molar-refractivity contribution < 1.29 is 24.0 Å². The highest BCUT2D eigenvalue weighted by molar-refractivity contribution is 6.42. The molecule has 0 unspecified atom stereocenters. The average Bonchev–Trinajstić information content (AvgIpc) is 2.82. The predicted molar refractivity (Wildman–Crippen MR) is 85.4 cm³/mol. The monoisotopic (exact) mass is 365 g/mol. The van der Waals surface area contributed by atoms with E-state index in [1.807, 2.05) is 0 Å². The summed E-state index contributed by atoms with van der Waals surface area (Å²) in [4.78, 5) is 41.7. The Kier molecular flexibility index (Phi) is 4.17. The van der Waals surface area contributed by atoms with E-state index in [-0.39, 0.29) is 32.5 Å². The zero-order valence-corrected chi connectivity index (χ0v) is 13.7. The Hall–Kier alpha value is -2.57. The average molecular weight is 366 g/mol. The highest BCUT2D eigenvalue weighted by Crippen LogP contribution is 2.32. The van der Waals surface area contributed by atoms with Crippen molar-refractivity contribution >= 4 is 41.0 Å². The molecule has 8 heteroatoms. The Bertz CT molecular complexity index is 846. The second-order valence-electron chi connectivity index (χ2n) is 4.80. The van der Waals surface area contributed by atoms with Gasteiger partial charge in [-0.05, 0) is 18.2 Å². The summed E-state index contributed by atoms with van der Waals surface area (Å²) in [5.74, 6) is -2.31. The third-order valence-corrected chi connectivity index (χ3v) is 4.12. The lowest BCUT2D eigenvalue weighted by atomic mass is 10.1. The fourth-order valence-electron chi connectivity index (χ4n) is 2.24. The molecule has 2 aromatic carbocycles. The van der Waals surface area contributed by atoms with Crippen LogP contribution in [0.5, 0.6) is 5.75 Å². The summed E-state index contributed by atoms with van der Waals surface area (Å²) in [6.45, 7) is 0. The minimum Gasteiger partial charge on any atom is -0.496 e. The summed E-state index contributed by atoms with van der Waals surface area (Å²) >= 11 is 11.8. The summed E-state index contributed by atoms with van der Waals surface area (Å²) < 4.78 is 5.05. The fraction of sp³-hybridized carbons (Fsp3) is 0.0625. The van der Waals surface area contributed by atoms with Crippen LogP contribution in [0.3, 0.4) is 0 Å².